The van der Waals surface area contributed by atoms with Gasteiger partial charge in [0.05, 0.1) is 44.2 Å². The van der Waals surface area contributed by atoms with Gasteiger partial charge < -0.3 is 90.5 Å². The number of nitrogens with one attached hydrogen (secondary N) is 1. The molecule has 0 spiro atoms. The summed E-state index contributed by atoms with van der Waals surface area (Å²) in [5.41, 5.74) is 3.02. The molecule has 0 aromatic carbocycles. The van der Waals surface area contributed by atoms with Crippen LogP contribution in [-0.2, 0) is 38.0 Å². The van der Waals surface area contributed by atoms with Gasteiger partial charge in [0.15, 0.2) is 18.5 Å². The normalized spacial score (nSPS) is 52.6. The van der Waals surface area contributed by atoms with Crippen LogP contribution in [0.3, 0.4) is 0 Å². The number of esters is 1. The number of aliphatic hydroxyl groups is 10. The standard InChI is InChI=1S/C54H88N2O18/c1-26-42(72-46-41(67)37(63)29(59)24-69-46)39(65)40(66)44(70-26)54(45-43(73-54)38(64)36(30(23-57)71-45)56-35(62)11-9-8-10-20-55)74-47(68)53-19-18-48(2,3)21-28(53)27-12-13-32-49(4)16-15-33(60)50(5,25-58)31(49)14-17-51(32,6)52(27,7)22-34(53)61/h12,26,28-34,36-46,57-61,63-67H,8-11,13-25,55H2,1-7H3,(H,56,62)/t26-,28?,29?,30+,31-,32?,33+,34+,36?,37?,38?,39?,40?,41?,42?,43?,44-,45-,46+,49?,50-,51+,52-,53?,54?/m1/s1. The summed E-state index contributed by atoms with van der Waals surface area (Å²) < 4.78 is 37.7. The summed E-state index contributed by atoms with van der Waals surface area (Å²) in [6, 6.07) is -1.18. The van der Waals surface area contributed by atoms with Gasteiger partial charge in [0, 0.05) is 11.8 Å². The fourth-order valence-corrected chi connectivity index (χ4v) is 16.8. The monoisotopic (exact) mass is 1050 g/mol. The maximum Gasteiger partial charge on any atom is 0.318 e. The smallest absolute Gasteiger partial charge is 0.318 e. The molecule has 422 valence electrons. The van der Waals surface area contributed by atoms with Crippen LogP contribution in [-0.4, -0.2) is 193 Å². The van der Waals surface area contributed by atoms with Crippen LogP contribution in [0.25, 0.3) is 0 Å². The third-order valence-electron chi connectivity index (χ3n) is 21.5. The lowest BCUT2D eigenvalue weighted by molar-refractivity contribution is -0.472. The molecule has 4 aliphatic heterocycles. The van der Waals surface area contributed by atoms with Crippen molar-refractivity contribution in [3.63, 3.8) is 0 Å². The number of fused-ring (bicyclic) bond motifs is 8. The minimum atomic E-state index is -2.45. The molecule has 4 heterocycles. The highest BCUT2D eigenvalue weighted by Gasteiger charge is 2.77. The minimum absolute atomic E-state index is 0.0672. The van der Waals surface area contributed by atoms with E-state index >= 15 is 4.79 Å². The third-order valence-corrected chi connectivity index (χ3v) is 21.5. The summed E-state index contributed by atoms with van der Waals surface area (Å²) >= 11 is 0. The number of carbonyl (C=O) groups excluding carboxylic acids is 2. The first-order chi connectivity index (χ1) is 34.7. The van der Waals surface area contributed by atoms with Crippen LogP contribution in [0.15, 0.2) is 11.6 Å². The lowest BCUT2D eigenvalue weighted by Crippen LogP contribution is -2.84. The summed E-state index contributed by atoms with van der Waals surface area (Å²) in [7, 11) is 0. The molecule has 9 aliphatic rings. The van der Waals surface area contributed by atoms with E-state index in [1.165, 1.54) is 6.92 Å². The van der Waals surface area contributed by atoms with Crippen molar-refractivity contribution in [1.82, 2.24) is 5.32 Å². The number of ether oxygens (including phenoxy) is 6. The molecule has 4 saturated carbocycles. The van der Waals surface area contributed by atoms with E-state index in [0.717, 1.165) is 31.3 Å². The highest BCUT2D eigenvalue weighted by molar-refractivity contribution is 5.80. The Hall–Kier alpha value is -1.96. The Kier molecular flexibility index (Phi) is 15.6. The molecular weight excluding hydrogens is 965 g/mol. The second-order valence-electron chi connectivity index (χ2n) is 25.9. The molecular formula is C54H88N2O18. The summed E-state index contributed by atoms with van der Waals surface area (Å²) in [5.74, 6) is -4.04. The number of hydrogen-bond donors (Lipinski definition) is 12. The predicted molar refractivity (Wildman–Crippen MR) is 262 cm³/mol. The fourth-order valence-electron chi connectivity index (χ4n) is 16.8. The van der Waals surface area contributed by atoms with Gasteiger partial charge in [-0.25, -0.2) is 0 Å². The first-order valence-electron chi connectivity index (χ1n) is 27.6. The van der Waals surface area contributed by atoms with Crippen molar-refractivity contribution < 1.29 is 89.1 Å². The molecule has 0 aromatic heterocycles. The molecule has 5 aliphatic carbocycles. The first-order valence-corrected chi connectivity index (χ1v) is 27.6. The molecule has 20 nitrogen and oxygen atoms in total. The molecule has 20 heteroatoms. The zero-order chi connectivity index (χ0) is 53.9. The second kappa shape index (κ2) is 20.3. The summed E-state index contributed by atoms with van der Waals surface area (Å²) in [6.07, 6.45) is -12.6. The van der Waals surface area contributed by atoms with E-state index < -0.39 is 151 Å². The fraction of sp³-hybridized carbons (Fsp3) is 0.926. The molecule has 0 bridgehead atoms. The molecule has 14 unspecified atom stereocenters. The summed E-state index contributed by atoms with van der Waals surface area (Å²) in [5, 5.41) is 116. The van der Waals surface area contributed by atoms with E-state index in [0.29, 0.717) is 45.1 Å². The molecule has 25 atom stereocenters. The van der Waals surface area contributed by atoms with Crippen molar-refractivity contribution in [3.05, 3.63) is 11.6 Å². The number of hydrogen-bond acceptors (Lipinski definition) is 19. The van der Waals surface area contributed by atoms with Gasteiger partial charge in [0.2, 0.25) is 5.91 Å². The Balaban J connectivity index is 1.06. The minimum Gasteiger partial charge on any atom is -0.426 e. The molecule has 8 fully saturated rings. The number of nitrogens with two attached hydrogens (primary N) is 1. The van der Waals surface area contributed by atoms with Crippen molar-refractivity contribution in [2.24, 2.45) is 56.0 Å². The Labute approximate surface area is 434 Å². The molecule has 0 radical (unpaired) electrons. The van der Waals surface area contributed by atoms with Crippen LogP contribution in [0.4, 0.5) is 0 Å². The summed E-state index contributed by atoms with van der Waals surface area (Å²) in [4.78, 5) is 29.2. The van der Waals surface area contributed by atoms with Gasteiger partial charge in [-0.3, -0.25) is 9.59 Å². The SMILES string of the molecule is C[C@H]1O[C@@H](C2(OC(=O)C34CCC(C)(C)CC3C3=CCC5C6(C)CC[C@H](O)[C@](C)(CO)[C@@H]6CC[C@]5(C)[C@]3(C)C[C@@H]4O)OC3C(O)C(NC(=O)CCCCCN)[C@H](CO)O[C@H]32)C(O)C(O)C1O[C@@H]1OCC(O)C(O)C1O. The van der Waals surface area contributed by atoms with E-state index in [-0.39, 0.29) is 54.0 Å². The number of carbonyl (C=O) groups is 2. The van der Waals surface area contributed by atoms with Gasteiger partial charge in [-0.15, -0.1) is 0 Å². The van der Waals surface area contributed by atoms with Crippen molar-refractivity contribution in [2.75, 3.05) is 26.4 Å². The second-order valence-corrected chi connectivity index (χ2v) is 25.9. The van der Waals surface area contributed by atoms with Crippen molar-refractivity contribution in [2.45, 2.75) is 236 Å². The van der Waals surface area contributed by atoms with Crippen molar-refractivity contribution >= 4 is 11.9 Å². The van der Waals surface area contributed by atoms with Gasteiger partial charge in [0.1, 0.15) is 60.4 Å². The van der Waals surface area contributed by atoms with E-state index in [1.807, 2.05) is 6.92 Å². The Morgan fingerprint density at radius 1 is 0.797 bits per heavy atom. The van der Waals surface area contributed by atoms with Crippen LogP contribution in [0.5, 0.6) is 0 Å². The quantitative estimate of drug-likeness (QED) is 0.0665. The highest BCUT2D eigenvalue weighted by atomic mass is 16.8. The van der Waals surface area contributed by atoms with Crippen LogP contribution >= 0.6 is 0 Å². The highest BCUT2D eigenvalue weighted by Crippen LogP contribution is 2.76. The molecule has 4 saturated heterocycles. The molecule has 1 amide bonds. The number of unbranched alkanes of at least 4 members (excludes halogenated alkanes) is 2. The zero-order valence-corrected chi connectivity index (χ0v) is 44.4. The number of aliphatic hydroxyl groups excluding tert-OH is 10. The van der Waals surface area contributed by atoms with Gasteiger partial charge in [-0.2, -0.15) is 0 Å². The number of allylic oxidation sites excluding steroid dienone is 2. The average molecular weight is 1050 g/mol. The predicted octanol–water partition coefficient (Wildman–Crippen LogP) is 0.188. The Bertz CT molecular complexity index is 2100. The number of rotatable bonds is 13. The third kappa shape index (κ3) is 8.60. The van der Waals surface area contributed by atoms with Crippen molar-refractivity contribution in [1.29, 1.82) is 0 Å². The van der Waals surface area contributed by atoms with Crippen LogP contribution in [0.2, 0.25) is 0 Å². The maximum atomic E-state index is 16.0. The zero-order valence-electron chi connectivity index (χ0n) is 44.4. The Morgan fingerprint density at radius 3 is 2.22 bits per heavy atom. The Morgan fingerprint density at radius 2 is 1.53 bits per heavy atom. The maximum absolute atomic E-state index is 16.0. The molecule has 13 N–H and O–H groups in total. The van der Waals surface area contributed by atoms with Gasteiger partial charge in [-0.1, -0.05) is 59.6 Å². The van der Waals surface area contributed by atoms with E-state index in [9.17, 15) is 55.9 Å². The lowest BCUT2D eigenvalue weighted by Gasteiger charge is -2.72. The van der Waals surface area contributed by atoms with Crippen molar-refractivity contribution in [3.8, 4) is 0 Å². The van der Waals surface area contributed by atoms with Gasteiger partial charge >= 0.3 is 5.97 Å². The first kappa shape index (κ1) is 56.7. The van der Waals surface area contributed by atoms with Crippen LogP contribution in [0, 0.1) is 50.2 Å². The van der Waals surface area contributed by atoms with Gasteiger partial charge in [-0.05, 0) is 124 Å². The molecule has 74 heavy (non-hydrogen) atoms. The van der Waals surface area contributed by atoms with Crippen LogP contribution in [0.1, 0.15) is 132 Å². The number of amides is 1. The van der Waals surface area contributed by atoms with Gasteiger partial charge in [0.25, 0.3) is 5.79 Å². The van der Waals surface area contributed by atoms with Crippen LogP contribution < -0.4 is 11.1 Å². The molecule has 9 rings (SSSR count). The molecule has 0 aromatic rings. The van der Waals surface area contributed by atoms with E-state index in [1.54, 1.807) is 0 Å². The van der Waals surface area contributed by atoms with E-state index in [4.69, 9.17) is 34.2 Å². The van der Waals surface area contributed by atoms with E-state index in [2.05, 4.69) is 46.0 Å². The topological polar surface area (TPSA) is 330 Å². The average Bonchev–Trinajstić information content (AvgIpc) is 3.34. The summed E-state index contributed by atoms with van der Waals surface area (Å²) in [6.45, 7) is 13.9. The largest absolute Gasteiger partial charge is 0.426 e. The lowest BCUT2D eigenvalue weighted by atomic mass is 9.33.